The Labute approximate surface area is 153 Å². The normalized spacial score (nSPS) is 10.8. The van der Waals surface area contributed by atoms with Crippen molar-refractivity contribution in [1.29, 1.82) is 5.26 Å². The van der Waals surface area contributed by atoms with Crippen molar-refractivity contribution in [3.05, 3.63) is 70.4 Å². The molecule has 128 valence electrons. The van der Waals surface area contributed by atoms with E-state index >= 15 is 0 Å². The summed E-state index contributed by atoms with van der Waals surface area (Å²) in [4.78, 5) is 4.35. The molecule has 0 unspecified atom stereocenters. The number of benzene rings is 1. The third-order valence-electron chi connectivity index (χ3n) is 4.23. The zero-order valence-corrected chi connectivity index (χ0v) is 14.8. The second-order valence-corrected chi connectivity index (χ2v) is 6.58. The van der Waals surface area contributed by atoms with Crippen molar-refractivity contribution in [2.45, 2.75) is 6.54 Å². The third-order valence-corrected chi connectivity index (χ3v) is 4.92. The summed E-state index contributed by atoms with van der Waals surface area (Å²) in [6.45, 7) is 0.440. The highest BCUT2D eigenvalue weighted by atomic mass is 32.1. The summed E-state index contributed by atoms with van der Waals surface area (Å²) in [5.74, 6) is -0.189. The molecule has 26 heavy (non-hydrogen) atoms. The highest BCUT2D eigenvalue weighted by molar-refractivity contribution is 7.08. The maximum Gasteiger partial charge on any atom is 0.167 e. The number of ether oxygens (including phenoxy) is 1. The summed E-state index contributed by atoms with van der Waals surface area (Å²) in [5.41, 5.74) is 3.90. The fourth-order valence-electron chi connectivity index (χ4n) is 3.03. The van der Waals surface area contributed by atoms with Crippen LogP contribution >= 0.6 is 11.3 Å². The van der Waals surface area contributed by atoms with Crippen molar-refractivity contribution >= 4 is 22.2 Å². The van der Waals surface area contributed by atoms with Crippen LogP contribution < -0.4 is 4.74 Å². The van der Waals surface area contributed by atoms with Gasteiger partial charge in [0.15, 0.2) is 11.6 Å². The molecule has 0 N–H and O–H groups in total. The second kappa shape index (κ2) is 6.62. The van der Waals surface area contributed by atoms with Crippen LogP contribution in [0.25, 0.3) is 22.2 Å². The Morgan fingerprint density at radius 1 is 1.27 bits per heavy atom. The van der Waals surface area contributed by atoms with Gasteiger partial charge in [-0.2, -0.15) is 16.6 Å². The Kier molecular flexibility index (Phi) is 4.15. The van der Waals surface area contributed by atoms with Gasteiger partial charge < -0.3 is 9.30 Å². The lowest BCUT2D eigenvalue weighted by molar-refractivity contribution is 0.387. The number of fused-ring (bicyclic) bond motifs is 1. The van der Waals surface area contributed by atoms with Crippen LogP contribution in [0.1, 0.15) is 11.4 Å². The molecule has 4 nitrogen and oxygen atoms in total. The second-order valence-electron chi connectivity index (χ2n) is 5.80. The summed E-state index contributed by atoms with van der Waals surface area (Å²) in [6, 6.07) is 14.6. The van der Waals surface area contributed by atoms with Crippen LogP contribution in [-0.4, -0.2) is 16.7 Å². The van der Waals surface area contributed by atoms with Crippen molar-refractivity contribution < 1.29 is 9.13 Å². The molecule has 0 saturated heterocycles. The minimum absolute atomic E-state index is 0.219. The van der Waals surface area contributed by atoms with E-state index in [-0.39, 0.29) is 5.75 Å². The largest absolute Gasteiger partial charge is 0.494 e. The van der Waals surface area contributed by atoms with E-state index in [0.717, 1.165) is 27.9 Å². The average molecular weight is 363 g/mol. The molecule has 1 aromatic carbocycles. The summed E-state index contributed by atoms with van der Waals surface area (Å²) in [5, 5.41) is 14.0. The van der Waals surface area contributed by atoms with Gasteiger partial charge in [0.25, 0.3) is 0 Å². The van der Waals surface area contributed by atoms with Crippen LogP contribution in [0, 0.1) is 17.1 Å². The van der Waals surface area contributed by atoms with Gasteiger partial charge in [-0.25, -0.2) is 9.37 Å². The van der Waals surface area contributed by atoms with Crippen molar-refractivity contribution in [1.82, 2.24) is 9.55 Å². The van der Waals surface area contributed by atoms with E-state index in [1.165, 1.54) is 13.2 Å². The van der Waals surface area contributed by atoms with Crippen LogP contribution in [0.2, 0.25) is 0 Å². The number of aromatic nitrogens is 2. The van der Waals surface area contributed by atoms with Gasteiger partial charge in [0.05, 0.1) is 30.6 Å². The maximum absolute atomic E-state index is 14.3. The number of hydrogen-bond acceptors (Lipinski definition) is 4. The number of nitriles is 1. The van der Waals surface area contributed by atoms with Crippen molar-refractivity contribution in [2.75, 3.05) is 7.11 Å². The van der Waals surface area contributed by atoms with Crippen LogP contribution in [0.4, 0.5) is 4.39 Å². The molecule has 0 aliphatic heterocycles. The van der Waals surface area contributed by atoms with Gasteiger partial charge in [-0.05, 0) is 35.7 Å². The predicted octanol–water partition coefficient (Wildman–Crippen LogP) is 4.83. The molecule has 0 spiro atoms. The average Bonchev–Trinajstić information content (AvgIpc) is 3.30. The summed E-state index contributed by atoms with van der Waals surface area (Å²) < 4.78 is 21.4. The molecule has 0 atom stereocenters. The lowest BCUT2D eigenvalue weighted by atomic mass is 10.2. The number of pyridine rings is 1. The Hall–Kier alpha value is -3.17. The molecular weight excluding hydrogens is 349 g/mol. The molecule has 4 aromatic rings. The zero-order valence-electron chi connectivity index (χ0n) is 13.9. The number of nitrogens with zero attached hydrogens (tertiary/aromatic N) is 3. The van der Waals surface area contributed by atoms with Gasteiger partial charge in [0.1, 0.15) is 11.8 Å². The number of thiophene rings is 1. The summed E-state index contributed by atoms with van der Waals surface area (Å²) >= 11 is 1.61. The molecule has 3 aromatic heterocycles. The highest BCUT2D eigenvalue weighted by Gasteiger charge is 2.15. The van der Waals surface area contributed by atoms with E-state index < -0.39 is 5.82 Å². The molecule has 0 radical (unpaired) electrons. The predicted molar refractivity (Wildman–Crippen MR) is 99.8 cm³/mol. The lowest BCUT2D eigenvalue weighted by Gasteiger charge is -2.11. The molecule has 0 amide bonds. The van der Waals surface area contributed by atoms with Gasteiger partial charge >= 0.3 is 0 Å². The fourth-order valence-corrected chi connectivity index (χ4v) is 3.68. The molecule has 6 heteroatoms. The standard InChI is InChI=1S/C20H14FN3OS/c1-25-20-8-14-7-18(13-5-6-26-12-13)24(19(14)9-17(20)21)11-16-4-2-3-15(10-22)23-16/h2-9,12H,11H2,1H3. The van der Waals surface area contributed by atoms with Gasteiger partial charge in [0.2, 0.25) is 0 Å². The number of rotatable bonds is 4. The molecular formula is C20H14FN3OS. The number of methoxy groups -OCH3 is 1. The van der Waals surface area contributed by atoms with Crippen molar-refractivity contribution in [3.63, 3.8) is 0 Å². The Morgan fingerprint density at radius 2 is 2.15 bits per heavy atom. The fraction of sp³-hybridized carbons (Fsp3) is 0.100. The third kappa shape index (κ3) is 2.83. The molecule has 0 bridgehead atoms. The molecule has 0 saturated carbocycles. The van der Waals surface area contributed by atoms with Crippen LogP contribution in [0.3, 0.4) is 0 Å². The highest BCUT2D eigenvalue weighted by Crippen LogP contribution is 2.33. The van der Waals surface area contributed by atoms with Crippen LogP contribution in [0.5, 0.6) is 5.75 Å². The van der Waals surface area contributed by atoms with Gasteiger partial charge in [0, 0.05) is 22.4 Å². The molecule has 4 rings (SSSR count). The minimum Gasteiger partial charge on any atom is -0.494 e. The Morgan fingerprint density at radius 3 is 2.88 bits per heavy atom. The monoisotopic (exact) mass is 363 g/mol. The van der Waals surface area contributed by atoms with Crippen LogP contribution in [-0.2, 0) is 6.54 Å². The topological polar surface area (TPSA) is 50.8 Å². The van der Waals surface area contributed by atoms with Gasteiger partial charge in [-0.1, -0.05) is 6.07 Å². The first-order valence-corrected chi connectivity index (χ1v) is 8.89. The van der Waals surface area contributed by atoms with E-state index in [2.05, 4.69) is 16.4 Å². The Bertz CT molecular complexity index is 1130. The first kappa shape index (κ1) is 16.3. The Balaban J connectivity index is 1.91. The molecule has 0 aliphatic rings. The van der Waals surface area contributed by atoms with Crippen LogP contribution in [0.15, 0.2) is 53.2 Å². The summed E-state index contributed by atoms with van der Waals surface area (Å²) in [6.07, 6.45) is 0. The molecule has 0 fully saturated rings. The lowest BCUT2D eigenvalue weighted by Crippen LogP contribution is -2.04. The van der Waals surface area contributed by atoms with E-state index in [0.29, 0.717) is 12.2 Å². The number of hydrogen-bond donors (Lipinski definition) is 0. The number of halogens is 1. The first-order chi connectivity index (χ1) is 12.7. The first-order valence-electron chi connectivity index (χ1n) is 7.95. The van der Waals surface area contributed by atoms with Crippen molar-refractivity contribution in [2.24, 2.45) is 0 Å². The van der Waals surface area contributed by atoms with Gasteiger partial charge in [-0.15, -0.1) is 0 Å². The quantitative estimate of drug-likeness (QED) is 0.522. The van der Waals surface area contributed by atoms with E-state index in [1.807, 2.05) is 28.1 Å². The molecule has 3 heterocycles. The smallest absolute Gasteiger partial charge is 0.167 e. The van der Waals surface area contributed by atoms with E-state index in [9.17, 15) is 4.39 Å². The SMILES string of the molecule is COc1cc2cc(-c3ccsc3)n(Cc3cccc(C#N)n3)c2cc1F. The van der Waals surface area contributed by atoms with Crippen molar-refractivity contribution in [3.8, 4) is 23.1 Å². The van der Waals surface area contributed by atoms with Gasteiger partial charge in [-0.3, -0.25) is 0 Å². The van der Waals surface area contributed by atoms with E-state index in [4.69, 9.17) is 10.00 Å². The zero-order chi connectivity index (χ0) is 18.1. The summed E-state index contributed by atoms with van der Waals surface area (Å²) in [7, 11) is 1.46. The molecule has 0 aliphatic carbocycles. The maximum atomic E-state index is 14.3. The minimum atomic E-state index is -0.407. The van der Waals surface area contributed by atoms with E-state index in [1.54, 1.807) is 29.5 Å².